The van der Waals surface area contributed by atoms with Gasteiger partial charge in [0.2, 0.25) is 5.91 Å². The Morgan fingerprint density at radius 2 is 2.22 bits per heavy atom. The van der Waals surface area contributed by atoms with E-state index in [0.717, 1.165) is 24.9 Å². The molecular weight excluding hydrogens is 344 g/mol. The van der Waals surface area contributed by atoms with E-state index in [2.05, 4.69) is 5.32 Å². The minimum absolute atomic E-state index is 0.122. The number of ether oxygens (including phenoxy) is 2. The van der Waals surface area contributed by atoms with Gasteiger partial charge in [-0.3, -0.25) is 9.59 Å². The van der Waals surface area contributed by atoms with Crippen LogP contribution in [0.25, 0.3) is 0 Å². The molecule has 0 aliphatic carbocycles. The van der Waals surface area contributed by atoms with Crippen LogP contribution in [0.1, 0.15) is 42.1 Å². The molecule has 1 spiro atoms. The highest BCUT2D eigenvalue weighted by Crippen LogP contribution is 2.54. The second kappa shape index (κ2) is 6.82. The molecule has 4 atom stereocenters. The molecule has 1 aromatic rings. The smallest absolute Gasteiger partial charge is 0.255 e. The summed E-state index contributed by atoms with van der Waals surface area (Å²) in [7, 11) is 1.58. The largest absolute Gasteiger partial charge is 0.496 e. The number of hydrogen-bond donors (Lipinski definition) is 1. The van der Waals surface area contributed by atoms with Gasteiger partial charge in [0.1, 0.15) is 5.75 Å². The van der Waals surface area contributed by atoms with E-state index < -0.39 is 0 Å². The van der Waals surface area contributed by atoms with E-state index in [1.54, 1.807) is 13.2 Å². The molecule has 0 aromatic heterocycles. The molecule has 27 heavy (non-hydrogen) atoms. The van der Waals surface area contributed by atoms with Crippen molar-refractivity contribution < 1.29 is 19.1 Å². The summed E-state index contributed by atoms with van der Waals surface area (Å²) in [5.41, 5.74) is 1.42. The first-order valence-electron chi connectivity index (χ1n) is 9.86. The molecule has 146 valence electrons. The number of carbonyl (C=O) groups excluding carboxylic acids is 2. The van der Waals surface area contributed by atoms with E-state index >= 15 is 0 Å². The second-order valence-corrected chi connectivity index (χ2v) is 8.07. The van der Waals surface area contributed by atoms with Crippen molar-refractivity contribution in [3.63, 3.8) is 0 Å². The number of carbonyl (C=O) groups is 2. The SMILES string of the molecule is CCC(=O)N1C[C@@H]2[C@H](CNC(=O)c3ccc(C)cc3OC)[C@H]3CC[C@]2(C1)O3. The molecule has 1 aromatic carbocycles. The Morgan fingerprint density at radius 1 is 1.41 bits per heavy atom. The lowest BCUT2D eigenvalue weighted by Crippen LogP contribution is -2.42. The van der Waals surface area contributed by atoms with Gasteiger partial charge in [0.05, 0.1) is 30.9 Å². The summed E-state index contributed by atoms with van der Waals surface area (Å²) < 4.78 is 11.7. The van der Waals surface area contributed by atoms with Crippen molar-refractivity contribution in [2.75, 3.05) is 26.7 Å². The standard InChI is InChI=1S/C21H28N2O4/c1-4-19(24)23-11-16-15(17-7-8-21(16,12-23)27-17)10-22-20(25)14-6-5-13(2)9-18(14)26-3/h5-6,9,15-17H,4,7-8,10-12H2,1-3H3,(H,22,25)/t15-,16+,17+,21+/m0/s1. The van der Waals surface area contributed by atoms with Crippen molar-refractivity contribution in [3.05, 3.63) is 29.3 Å². The Bertz CT molecular complexity index is 765. The van der Waals surface area contributed by atoms with E-state index in [1.807, 2.05) is 30.9 Å². The Balaban J connectivity index is 1.45. The molecule has 3 fully saturated rings. The van der Waals surface area contributed by atoms with Crippen molar-refractivity contribution in [2.45, 2.75) is 44.8 Å². The van der Waals surface area contributed by atoms with Crippen LogP contribution < -0.4 is 10.1 Å². The van der Waals surface area contributed by atoms with Crippen molar-refractivity contribution in [1.29, 1.82) is 0 Å². The predicted octanol–water partition coefficient (Wildman–Crippen LogP) is 2.15. The molecular formula is C21H28N2O4. The zero-order valence-electron chi connectivity index (χ0n) is 16.3. The van der Waals surface area contributed by atoms with Gasteiger partial charge in [-0.25, -0.2) is 0 Å². The fourth-order valence-corrected chi connectivity index (χ4v) is 5.17. The first kappa shape index (κ1) is 18.3. The molecule has 6 heteroatoms. The Kier molecular flexibility index (Phi) is 4.62. The maximum absolute atomic E-state index is 12.7. The maximum Gasteiger partial charge on any atom is 0.255 e. The van der Waals surface area contributed by atoms with Crippen LogP contribution in [0.5, 0.6) is 5.75 Å². The second-order valence-electron chi connectivity index (χ2n) is 8.07. The van der Waals surface area contributed by atoms with Gasteiger partial charge in [0.15, 0.2) is 0 Å². The highest BCUT2D eigenvalue weighted by Gasteiger charge is 2.63. The van der Waals surface area contributed by atoms with Crippen LogP contribution in [0.3, 0.4) is 0 Å². The number of nitrogens with zero attached hydrogens (tertiary/aromatic N) is 1. The number of rotatable bonds is 5. The molecule has 3 heterocycles. The van der Waals surface area contributed by atoms with Crippen LogP contribution in [-0.4, -0.2) is 55.2 Å². The third kappa shape index (κ3) is 3.00. The maximum atomic E-state index is 12.7. The predicted molar refractivity (Wildman–Crippen MR) is 101 cm³/mol. The van der Waals surface area contributed by atoms with Crippen LogP contribution in [-0.2, 0) is 9.53 Å². The van der Waals surface area contributed by atoms with Crippen LogP contribution in [0.2, 0.25) is 0 Å². The minimum Gasteiger partial charge on any atom is -0.496 e. The van der Waals surface area contributed by atoms with Gasteiger partial charge in [-0.15, -0.1) is 0 Å². The number of amides is 2. The molecule has 1 N–H and O–H groups in total. The molecule has 3 aliphatic rings. The average molecular weight is 372 g/mol. The summed E-state index contributed by atoms with van der Waals surface area (Å²) >= 11 is 0. The normalized spacial score (nSPS) is 31.1. The number of methoxy groups -OCH3 is 1. The molecule has 3 saturated heterocycles. The number of aryl methyl sites for hydroxylation is 1. The molecule has 2 amide bonds. The lowest BCUT2D eigenvalue weighted by atomic mass is 9.73. The summed E-state index contributed by atoms with van der Waals surface area (Å²) in [6.45, 7) is 5.90. The van der Waals surface area contributed by atoms with Crippen LogP contribution >= 0.6 is 0 Å². The first-order valence-corrected chi connectivity index (χ1v) is 9.86. The lowest BCUT2D eigenvalue weighted by molar-refractivity contribution is -0.131. The molecule has 3 aliphatic heterocycles. The van der Waals surface area contributed by atoms with E-state index in [0.29, 0.717) is 36.7 Å². The molecule has 6 nitrogen and oxygen atoms in total. The average Bonchev–Trinajstić information content (AvgIpc) is 3.33. The van der Waals surface area contributed by atoms with Gasteiger partial charge in [-0.05, 0) is 37.5 Å². The van der Waals surface area contributed by atoms with E-state index in [9.17, 15) is 9.59 Å². The fourth-order valence-electron chi connectivity index (χ4n) is 5.17. The topological polar surface area (TPSA) is 67.9 Å². The molecule has 0 unspecified atom stereocenters. The van der Waals surface area contributed by atoms with Gasteiger partial charge >= 0.3 is 0 Å². The number of benzene rings is 1. The van der Waals surface area contributed by atoms with Gasteiger partial charge < -0.3 is 19.7 Å². The molecule has 0 saturated carbocycles. The zero-order valence-corrected chi connectivity index (χ0v) is 16.3. The number of likely N-dealkylation sites (tertiary alicyclic amines) is 1. The lowest BCUT2D eigenvalue weighted by Gasteiger charge is -2.29. The highest BCUT2D eigenvalue weighted by atomic mass is 16.5. The van der Waals surface area contributed by atoms with Crippen molar-refractivity contribution >= 4 is 11.8 Å². The quantitative estimate of drug-likeness (QED) is 0.860. The third-order valence-corrected chi connectivity index (χ3v) is 6.54. The summed E-state index contributed by atoms with van der Waals surface area (Å²) in [4.78, 5) is 26.8. The van der Waals surface area contributed by atoms with Gasteiger partial charge in [-0.2, -0.15) is 0 Å². The zero-order chi connectivity index (χ0) is 19.2. The summed E-state index contributed by atoms with van der Waals surface area (Å²) in [5, 5.41) is 3.08. The highest BCUT2D eigenvalue weighted by molar-refractivity contribution is 5.97. The van der Waals surface area contributed by atoms with Crippen LogP contribution in [0.4, 0.5) is 0 Å². The minimum atomic E-state index is -0.188. The van der Waals surface area contributed by atoms with Gasteiger partial charge in [-0.1, -0.05) is 13.0 Å². The first-order chi connectivity index (χ1) is 13.0. The van der Waals surface area contributed by atoms with Crippen LogP contribution in [0.15, 0.2) is 18.2 Å². The van der Waals surface area contributed by atoms with Crippen molar-refractivity contribution in [2.24, 2.45) is 11.8 Å². The van der Waals surface area contributed by atoms with Gasteiger partial charge in [0.25, 0.3) is 5.91 Å². The van der Waals surface area contributed by atoms with E-state index in [1.165, 1.54) is 0 Å². The summed E-state index contributed by atoms with van der Waals surface area (Å²) in [6.07, 6.45) is 2.75. The Morgan fingerprint density at radius 3 is 2.96 bits per heavy atom. The Labute approximate surface area is 160 Å². The number of nitrogens with one attached hydrogen (secondary N) is 1. The Hall–Kier alpha value is -2.08. The van der Waals surface area contributed by atoms with E-state index in [4.69, 9.17) is 9.47 Å². The van der Waals surface area contributed by atoms with Crippen molar-refractivity contribution in [3.8, 4) is 5.75 Å². The van der Waals surface area contributed by atoms with Crippen LogP contribution in [0, 0.1) is 18.8 Å². The third-order valence-electron chi connectivity index (χ3n) is 6.54. The van der Waals surface area contributed by atoms with E-state index in [-0.39, 0.29) is 29.4 Å². The number of hydrogen-bond acceptors (Lipinski definition) is 4. The number of fused-ring (bicyclic) bond motifs is 1. The summed E-state index contributed by atoms with van der Waals surface area (Å²) in [6, 6.07) is 5.59. The molecule has 2 bridgehead atoms. The summed E-state index contributed by atoms with van der Waals surface area (Å²) in [5.74, 6) is 1.23. The van der Waals surface area contributed by atoms with Gasteiger partial charge in [0, 0.05) is 31.3 Å². The molecule has 4 rings (SSSR count). The monoisotopic (exact) mass is 372 g/mol. The van der Waals surface area contributed by atoms with Crippen molar-refractivity contribution in [1.82, 2.24) is 10.2 Å². The fraction of sp³-hybridized carbons (Fsp3) is 0.619. The molecule has 0 radical (unpaired) electrons.